The van der Waals surface area contributed by atoms with Gasteiger partial charge >= 0.3 is 0 Å². The van der Waals surface area contributed by atoms with Crippen LogP contribution >= 0.6 is 11.3 Å². The van der Waals surface area contributed by atoms with Crippen molar-refractivity contribution in [2.45, 2.75) is 26.4 Å². The lowest BCUT2D eigenvalue weighted by Gasteiger charge is -2.07. The summed E-state index contributed by atoms with van der Waals surface area (Å²) in [7, 11) is 0. The van der Waals surface area contributed by atoms with Gasteiger partial charge in [0.2, 0.25) is 0 Å². The first kappa shape index (κ1) is 13.7. The molecule has 2 rings (SSSR count). The van der Waals surface area contributed by atoms with Gasteiger partial charge in [-0.3, -0.25) is 0 Å². The number of benzene rings is 1. The fourth-order valence-corrected chi connectivity index (χ4v) is 2.91. The highest BCUT2D eigenvalue weighted by molar-refractivity contribution is 7.10. The van der Waals surface area contributed by atoms with Crippen molar-refractivity contribution in [2.75, 3.05) is 0 Å². The zero-order chi connectivity index (χ0) is 13.7. The molecular weight excluding hydrogens is 259 g/mol. The van der Waals surface area contributed by atoms with E-state index in [1.807, 2.05) is 0 Å². The Balaban J connectivity index is 2.00. The first-order chi connectivity index (χ1) is 9.24. The number of hydrogen-bond acceptors (Lipinski definition) is 3. The summed E-state index contributed by atoms with van der Waals surface area (Å²) >= 11 is 1.72. The van der Waals surface area contributed by atoms with E-state index in [4.69, 9.17) is 5.26 Å². The Hall–Kier alpha value is -1.70. The van der Waals surface area contributed by atoms with E-state index in [0.717, 1.165) is 13.0 Å². The van der Waals surface area contributed by atoms with Gasteiger partial charge in [-0.2, -0.15) is 5.26 Å². The summed E-state index contributed by atoms with van der Waals surface area (Å²) < 4.78 is 13.2. The lowest BCUT2D eigenvalue weighted by molar-refractivity contribution is 0.620. The number of halogens is 1. The highest BCUT2D eigenvalue weighted by atomic mass is 32.1. The molecular formula is C15H15FN2S. The number of nitrogens with one attached hydrogen (secondary N) is 1. The summed E-state index contributed by atoms with van der Waals surface area (Å²) in [6.45, 7) is 3.38. The average Bonchev–Trinajstić information content (AvgIpc) is 2.86. The molecule has 0 aliphatic heterocycles. The van der Waals surface area contributed by atoms with Gasteiger partial charge in [0.05, 0.1) is 11.6 Å². The lowest BCUT2D eigenvalue weighted by atomic mass is 10.1. The van der Waals surface area contributed by atoms with Gasteiger partial charge in [0.25, 0.3) is 0 Å². The Labute approximate surface area is 116 Å². The topological polar surface area (TPSA) is 35.8 Å². The van der Waals surface area contributed by atoms with Crippen molar-refractivity contribution >= 4 is 11.3 Å². The summed E-state index contributed by atoms with van der Waals surface area (Å²) in [6, 6.07) is 8.47. The molecule has 0 saturated heterocycles. The monoisotopic (exact) mass is 274 g/mol. The van der Waals surface area contributed by atoms with E-state index in [0.29, 0.717) is 17.7 Å². The number of thiophene rings is 1. The van der Waals surface area contributed by atoms with Gasteiger partial charge in [-0.15, -0.1) is 11.3 Å². The first-order valence-corrected chi connectivity index (χ1v) is 7.07. The summed E-state index contributed by atoms with van der Waals surface area (Å²) in [6.07, 6.45) is 1.02. The molecule has 2 aromatic rings. The van der Waals surface area contributed by atoms with Crippen molar-refractivity contribution in [3.05, 3.63) is 57.0 Å². The van der Waals surface area contributed by atoms with Crippen molar-refractivity contribution in [2.24, 2.45) is 0 Å². The standard InChI is InChI=1S/C15H15FN2S/c1-2-11-5-6-19-15(11)10-18-9-13-7-14(16)4-3-12(13)8-17/h3-7,18H,2,9-10H2,1H3. The molecule has 1 aromatic carbocycles. The van der Waals surface area contributed by atoms with Crippen LogP contribution in [-0.4, -0.2) is 0 Å². The van der Waals surface area contributed by atoms with Crippen LogP contribution in [-0.2, 0) is 19.5 Å². The third-order valence-corrected chi connectivity index (χ3v) is 3.97. The van der Waals surface area contributed by atoms with Crippen molar-refractivity contribution < 1.29 is 4.39 Å². The maximum absolute atomic E-state index is 13.2. The van der Waals surface area contributed by atoms with Crippen molar-refractivity contribution in [1.82, 2.24) is 5.32 Å². The minimum atomic E-state index is -0.304. The van der Waals surface area contributed by atoms with Crippen LogP contribution in [0.5, 0.6) is 0 Å². The Morgan fingerprint density at radius 2 is 2.11 bits per heavy atom. The predicted molar refractivity (Wildman–Crippen MR) is 75.4 cm³/mol. The van der Waals surface area contributed by atoms with Gasteiger partial charge in [0.15, 0.2) is 0 Å². The van der Waals surface area contributed by atoms with E-state index in [1.165, 1.54) is 28.6 Å². The van der Waals surface area contributed by atoms with Gasteiger partial charge in [0.1, 0.15) is 5.82 Å². The summed E-state index contributed by atoms with van der Waals surface area (Å²) in [5.41, 5.74) is 2.57. The summed E-state index contributed by atoms with van der Waals surface area (Å²) in [5, 5.41) is 14.3. The van der Waals surface area contributed by atoms with Crippen LogP contribution in [0.1, 0.15) is 28.5 Å². The molecule has 4 heteroatoms. The predicted octanol–water partition coefficient (Wildman–Crippen LogP) is 3.61. The Bertz CT molecular complexity index is 598. The van der Waals surface area contributed by atoms with E-state index in [2.05, 4.69) is 29.8 Å². The number of hydrogen-bond donors (Lipinski definition) is 1. The molecule has 1 N–H and O–H groups in total. The Morgan fingerprint density at radius 1 is 1.26 bits per heavy atom. The second kappa shape index (κ2) is 6.46. The molecule has 2 nitrogen and oxygen atoms in total. The Kier molecular flexibility index (Phi) is 4.67. The molecule has 0 spiro atoms. The molecule has 1 aromatic heterocycles. The molecule has 0 aliphatic carbocycles. The van der Waals surface area contributed by atoms with E-state index in [1.54, 1.807) is 11.3 Å². The average molecular weight is 274 g/mol. The highest BCUT2D eigenvalue weighted by Gasteiger charge is 2.05. The third kappa shape index (κ3) is 3.40. The third-order valence-electron chi connectivity index (χ3n) is 3.01. The highest BCUT2D eigenvalue weighted by Crippen LogP contribution is 2.17. The van der Waals surface area contributed by atoms with Crippen LogP contribution in [0, 0.1) is 17.1 Å². The van der Waals surface area contributed by atoms with Gasteiger partial charge in [-0.25, -0.2) is 4.39 Å². The van der Waals surface area contributed by atoms with E-state index >= 15 is 0 Å². The van der Waals surface area contributed by atoms with E-state index in [-0.39, 0.29) is 5.82 Å². The fraction of sp³-hybridized carbons (Fsp3) is 0.267. The van der Waals surface area contributed by atoms with E-state index in [9.17, 15) is 4.39 Å². The SMILES string of the molecule is CCc1ccsc1CNCc1cc(F)ccc1C#N. The van der Waals surface area contributed by atoms with Crippen molar-refractivity contribution in [3.8, 4) is 6.07 Å². The Morgan fingerprint density at radius 3 is 2.84 bits per heavy atom. The quantitative estimate of drug-likeness (QED) is 0.904. The molecule has 98 valence electrons. The largest absolute Gasteiger partial charge is 0.308 e. The van der Waals surface area contributed by atoms with Crippen LogP contribution < -0.4 is 5.32 Å². The molecule has 0 unspecified atom stereocenters. The van der Waals surface area contributed by atoms with Crippen LogP contribution in [0.4, 0.5) is 4.39 Å². The molecule has 0 aliphatic rings. The van der Waals surface area contributed by atoms with Crippen LogP contribution in [0.3, 0.4) is 0 Å². The lowest BCUT2D eigenvalue weighted by Crippen LogP contribution is -2.13. The summed E-state index contributed by atoms with van der Waals surface area (Å²) in [4.78, 5) is 1.30. The molecule has 0 radical (unpaired) electrons. The molecule has 0 amide bonds. The van der Waals surface area contributed by atoms with Gasteiger partial charge in [0, 0.05) is 18.0 Å². The zero-order valence-corrected chi connectivity index (χ0v) is 11.6. The first-order valence-electron chi connectivity index (χ1n) is 6.19. The maximum Gasteiger partial charge on any atom is 0.123 e. The van der Waals surface area contributed by atoms with Gasteiger partial charge in [-0.1, -0.05) is 6.92 Å². The van der Waals surface area contributed by atoms with Crippen molar-refractivity contribution in [3.63, 3.8) is 0 Å². The number of nitrogens with zero attached hydrogens (tertiary/aromatic N) is 1. The van der Waals surface area contributed by atoms with Gasteiger partial charge < -0.3 is 5.32 Å². The second-order valence-electron chi connectivity index (χ2n) is 4.24. The van der Waals surface area contributed by atoms with Crippen LogP contribution in [0.25, 0.3) is 0 Å². The fourth-order valence-electron chi connectivity index (χ4n) is 1.97. The minimum absolute atomic E-state index is 0.304. The van der Waals surface area contributed by atoms with Crippen LogP contribution in [0.2, 0.25) is 0 Å². The molecule has 19 heavy (non-hydrogen) atoms. The smallest absolute Gasteiger partial charge is 0.123 e. The minimum Gasteiger partial charge on any atom is -0.308 e. The normalized spacial score (nSPS) is 10.4. The molecule has 0 saturated carbocycles. The maximum atomic E-state index is 13.2. The van der Waals surface area contributed by atoms with Gasteiger partial charge in [-0.05, 0) is 47.2 Å². The number of nitriles is 1. The molecule has 0 fully saturated rings. The number of aryl methyl sites for hydroxylation is 1. The molecule has 1 heterocycles. The molecule has 0 bridgehead atoms. The van der Waals surface area contributed by atoms with Crippen LogP contribution in [0.15, 0.2) is 29.6 Å². The van der Waals surface area contributed by atoms with Crippen molar-refractivity contribution in [1.29, 1.82) is 5.26 Å². The zero-order valence-electron chi connectivity index (χ0n) is 10.7. The molecule has 0 atom stereocenters. The number of rotatable bonds is 5. The van der Waals surface area contributed by atoms with E-state index < -0.39 is 0 Å². The summed E-state index contributed by atoms with van der Waals surface area (Å²) in [5.74, 6) is -0.304. The second-order valence-corrected chi connectivity index (χ2v) is 5.24.